The zero-order valence-electron chi connectivity index (χ0n) is 6.54. The number of Topliss-reactive ketones (excluding diaryl/α,β-unsaturated/α-hetero) is 1. The highest BCUT2D eigenvalue weighted by Gasteiger charge is 2.27. The molecule has 1 atom stereocenters. The molecule has 1 aliphatic rings. The Bertz CT molecular complexity index is 191. The standard InChI is InChI=1S/C7H12N2O2/c1-9-3-2-5(10)4-6(9)7(8)11/h6H,2-4H2,1H3,(H2,8,11). The highest BCUT2D eigenvalue weighted by molar-refractivity contribution is 5.89. The summed E-state index contributed by atoms with van der Waals surface area (Å²) in [5.41, 5.74) is 5.09. The molecule has 1 amide bonds. The number of likely N-dealkylation sites (N-methyl/N-ethyl adjacent to an activating group) is 1. The maximum absolute atomic E-state index is 10.9. The van der Waals surface area contributed by atoms with Gasteiger partial charge in [0.25, 0.3) is 0 Å². The van der Waals surface area contributed by atoms with Crippen molar-refractivity contribution in [1.29, 1.82) is 0 Å². The van der Waals surface area contributed by atoms with E-state index in [1.54, 1.807) is 0 Å². The van der Waals surface area contributed by atoms with Crippen LogP contribution >= 0.6 is 0 Å². The van der Waals surface area contributed by atoms with E-state index in [4.69, 9.17) is 5.73 Å². The molecule has 0 saturated carbocycles. The number of hydrogen-bond acceptors (Lipinski definition) is 3. The van der Waals surface area contributed by atoms with Crippen LogP contribution in [0.2, 0.25) is 0 Å². The average Bonchev–Trinajstić information content (AvgIpc) is 1.94. The van der Waals surface area contributed by atoms with Crippen LogP contribution in [0.15, 0.2) is 0 Å². The van der Waals surface area contributed by atoms with Crippen LogP contribution in [0.25, 0.3) is 0 Å². The fourth-order valence-electron chi connectivity index (χ4n) is 1.25. The monoisotopic (exact) mass is 156 g/mol. The van der Waals surface area contributed by atoms with E-state index in [-0.39, 0.29) is 18.2 Å². The zero-order valence-corrected chi connectivity index (χ0v) is 6.54. The molecule has 62 valence electrons. The molecule has 0 radical (unpaired) electrons. The number of primary amides is 1. The number of piperidine rings is 1. The van der Waals surface area contributed by atoms with Crippen LogP contribution < -0.4 is 5.73 Å². The number of carbonyl (C=O) groups is 2. The first-order chi connectivity index (χ1) is 5.11. The van der Waals surface area contributed by atoms with Crippen LogP contribution in [-0.2, 0) is 9.59 Å². The molecule has 1 fully saturated rings. The Morgan fingerprint density at radius 1 is 1.73 bits per heavy atom. The van der Waals surface area contributed by atoms with E-state index in [0.717, 1.165) is 0 Å². The van der Waals surface area contributed by atoms with Gasteiger partial charge in [-0.05, 0) is 7.05 Å². The molecule has 1 unspecified atom stereocenters. The van der Waals surface area contributed by atoms with E-state index in [9.17, 15) is 9.59 Å². The van der Waals surface area contributed by atoms with Crippen LogP contribution in [0.5, 0.6) is 0 Å². The van der Waals surface area contributed by atoms with Crippen LogP contribution in [-0.4, -0.2) is 36.2 Å². The minimum absolute atomic E-state index is 0.131. The molecule has 4 heteroatoms. The van der Waals surface area contributed by atoms with Gasteiger partial charge in [0, 0.05) is 19.4 Å². The number of nitrogens with zero attached hydrogens (tertiary/aromatic N) is 1. The number of amides is 1. The van der Waals surface area contributed by atoms with E-state index in [1.165, 1.54) is 0 Å². The molecule has 0 aromatic rings. The second kappa shape index (κ2) is 3.00. The van der Waals surface area contributed by atoms with E-state index in [0.29, 0.717) is 13.0 Å². The third kappa shape index (κ3) is 1.77. The van der Waals surface area contributed by atoms with E-state index >= 15 is 0 Å². The zero-order chi connectivity index (χ0) is 8.43. The lowest BCUT2D eigenvalue weighted by Crippen LogP contribution is -2.47. The van der Waals surface area contributed by atoms with E-state index in [2.05, 4.69) is 0 Å². The van der Waals surface area contributed by atoms with Gasteiger partial charge >= 0.3 is 0 Å². The first kappa shape index (κ1) is 8.20. The summed E-state index contributed by atoms with van der Waals surface area (Å²) in [7, 11) is 1.81. The number of carbonyl (C=O) groups excluding carboxylic acids is 2. The van der Waals surface area contributed by atoms with Crippen molar-refractivity contribution in [1.82, 2.24) is 4.90 Å². The molecule has 2 N–H and O–H groups in total. The molecule has 0 spiro atoms. The smallest absolute Gasteiger partial charge is 0.235 e. The number of ketones is 1. The quantitative estimate of drug-likeness (QED) is 0.537. The van der Waals surface area contributed by atoms with Gasteiger partial charge < -0.3 is 5.73 Å². The highest BCUT2D eigenvalue weighted by atomic mass is 16.2. The number of hydrogen-bond donors (Lipinski definition) is 1. The Morgan fingerprint density at radius 2 is 2.36 bits per heavy atom. The molecular formula is C7H12N2O2. The van der Waals surface area contributed by atoms with Gasteiger partial charge in [0.15, 0.2) is 0 Å². The van der Waals surface area contributed by atoms with Crippen molar-refractivity contribution in [3.05, 3.63) is 0 Å². The Morgan fingerprint density at radius 3 is 2.82 bits per heavy atom. The van der Waals surface area contributed by atoms with Crippen molar-refractivity contribution in [2.75, 3.05) is 13.6 Å². The minimum Gasteiger partial charge on any atom is -0.368 e. The summed E-state index contributed by atoms with van der Waals surface area (Å²) in [6.07, 6.45) is 0.826. The molecule has 0 bridgehead atoms. The normalized spacial score (nSPS) is 27.0. The molecule has 11 heavy (non-hydrogen) atoms. The fraction of sp³-hybridized carbons (Fsp3) is 0.714. The number of nitrogens with two attached hydrogens (primary N) is 1. The maximum atomic E-state index is 10.9. The summed E-state index contributed by atoms with van der Waals surface area (Å²) < 4.78 is 0. The largest absolute Gasteiger partial charge is 0.368 e. The summed E-state index contributed by atoms with van der Waals surface area (Å²) in [6.45, 7) is 0.645. The van der Waals surface area contributed by atoms with Gasteiger partial charge in [-0.25, -0.2) is 0 Å². The third-order valence-corrected chi connectivity index (χ3v) is 2.02. The Hall–Kier alpha value is -0.900. The Labute approximate surface area is 65.3 Å². The first-order valence-electron chi connectivity index (χ1n) is 3.62. The average molecular weight is 156 g/mol. The summed E-state index contributed by atoms with van der Waals surface area (Å²) in [5.74, 6) is -0.271. The molecular weight excluding hydrogens is 144 g/mol. The van der Waals surface area contributed by atoms with Crippen molar-refractivity contribution in [2.45, 2.75) is 18.9 Å². The van der Waals surface area contributed by atoms with Crippen molar-refractivity contribution in [2.24, 2.45) is 5.73 Å². The maximum Gasteiger partial charge on any atom is 0.235 e. The van der Waals surface area contributed by atoms with Gasteiger partial charge in [-0.1, -0.05) is 0 Å². The van der Waals surface area contributed by atoms with Crippen molar-refractivity contribution in [3.63, 3.8) is 0 Å². The SMILES string of the molecule is CN1CCC(=O)CC1C(N)=O. The van der Waals surface area contributed by atoms with Gasteiger partial charge in [0.05, 0.1) is 6.04 Å². The summed E-state index contributed by atoms with van der Waals surface area (Å²) in [5, 5.41) is 0. The van der Waals surface area contributed by atoms with Crippen LogP contribution in [0.3, 0.4) is 0 Å². The molecule has 1 rings (SSSR count). The van der Waals surface area contributed by atoms with Crippen LogP contribution in [0.4, 0.5) is 0 Å². The van der Waals surface area contributed by atoms with Crippen LogP contribution in [0.1, 0.15) is 12.8 Å². The Kier molecular flexibility index (Phi) is 2.24. The number of rotatable bonds is 1. The fourth-order valence-corrected chi connectivity index (χ4v) is 1.25. The predicted octanol–water partition coefficient (Wildman–Crippen LogP) is -0.865. The van der Waals surface area contributed by atoms with E-state index in [1.807, 2.05) is 11.9 Å². The summed E-state index contributed by atoms with van der Waals surface area (Å²) in [6, 6.07) is -0.378. The van der Waals surface area contributed by atoms with Crippen molar-refractivity contribution in [3.8, 4) is 0 Å². The summed E-state index contributed by atoms with van der Waals surface area (Å²) in [4.78, 5) is 23.5. The lowest BCUT2D eigenvalue weighted by atomic mass is 10.0. The molecule has 0 aromatic carbocycles. The van der Waals surface area contributed by atoms with Gasteiger partial charge in [-0.2, -0.15) is 0 Å². The summed E-state index contributed by atoms with van der Waals surface area (Å²) >= 11 is 0. The van der Waals surface area contributed by atoms with Gasteiger partial charge in [0.2, 0.25) is 5.91 Å². The second-order valence-electron chi connectivity index (χ2n) is 2.89. The third-order valence-electron chi connectivity index (χ3n) is 2.02. The first-order valence-corrected chi connectivity index (χ1v) is 3.62. The minimum atomic E-state index is -0.402. The van der Waals surface area contributed by atoms with Gasteiger partial charge in [-0.15, -0.1) is 0 Å². The van der Waals surface area contributed by atoms with Gasteiger partial charge in [-0.3, -0.25) is 14.5 Å². The molecule has 4 nitrogen and oxygen atoms in total. The second-order valence-corrected chi connectivity index (χ2v) is 2.89. The molecule has 1 aliphatic heterocycles. The lowest BCUT2D eigenvalue weighted by molar-refractivity contribution is -0.131. The van der Waals surface area contributed by atoms with Gasteiger partial charge in [0.1, 0.15) is 5.78 Å². The topological polar surface area (TPSA) is 63.4 Å². The highest BCUT2D eigenvalue weighted by Crippen LogP contribution is 2.10. The number of likely N-dealkylation sites (tertiary alicyclic amines) is 1. The van der Waals surface area contributed by atoms with E-state index < -0.39 is 5.91 Å². The van der Waals surface area contributed by atoms with Crippen molar-refractivity contribution >= 4 is 11.7 Å². The molecule has 0 aliphatic carbocycles. The lowest BCUT2D eigenvalue weighted by Gasteiger charge is -2.28. The Balaban J connectivity index is 2.61. The van der Waals surface area contributed by atoms with Crippen molar-refractivity contribution < 1.29 is 9.59 Å². The molecule has 1 heterocycles. The van der Waals surface area contributed by atoms with Crippen LogP contribution in [0, 0.1) is 0 Å². The molecule has 1 saturated heterocycles. The molecule has 0 aromatic heterocycles. The predicted molar refractivity (Wildman–Crippen MR) is 39.9 cm³/mol.